The number of hydrogen-bond acceptors (Lipinski definition) is 8. The molecule has 0 spiro atoms. The van der Waals surface area contributed by atoms with E-state index in [2.05, 4.69) is 38.1 Å². The van der Waals surface area contributed by atoms with E-state index in [0.717, 1.165) is 9.13 Å². The number of thiazole rings is 1. The van der Waals surface area contributed by atoms with Crippen molar-refractivity contribution >= 4 is 57.0 Å². The number of primary amides is 1. The van der Waals surface area contributed by atoms with Gasteiger partial charge in [0.2, 0.25) is 5.13 Å². The Morgan fingerprint density at radius 3 is 2.96 bits per heavy atom. The Labute approximate surface area is 150 Å². The molecule has 1 aromatic carbocycles. The molecular formula is C13H14IN5O3S. The predicted octanol–water partition coefficient (Wildman–Crippen LogP) is 1.65. The number of rotatable bonds is 7. The first-order valence-corrected chi connectivity index (χ1v) is 8.24. The van der Waals surface area contributed by atoms with Crippen LogP contribution >= 0.6 is 33.9 Å². The zero-order chi connectivity index (χ0) is 16.8. The third-order valence-electron chi connectivity index (χ3n) is 2.51. The standard InChI is InChI=1S/C13H14IN5O3S/c1-21-9-3-7(2-8(14)12(9)22-5-11(16)20)4-17-19-13-18-10(15)6-23-13/h2-4,6H,5,15H2,1H3,(H2,16,20)(H,18,19). The minimum Gasteiger partial charge on any atom is -0.493 e. The van der Waals surface area contributed by atoms with Gasteiger partial charge in [0.1, 0.15) is 5.82 Å². The SMILES string of the molecule is COc1cc(C=NNc2nc(N)cs2)cc(I)c1OCC(N)=O. The molecule has 8 nitrogen and oxygen atoms in total. The minimum absolute atomic E-state index is 0.215. The second-order valence-corrected chi connectivity index (χ2v) is 6.26. The first-order chi connectivity index (χ1) is 11.0. The average molecular weight is 447 g/mol. The number of nitrogen functional groups attached to an aromatic ring is 1. The first-order valence-electron chi connectivity index (χ1n) is 6.28. The molecule has 0 fully saturated rings. The van der Waals surface area contributed by atoms with E-state index in [-0.39, 0.29) is 6.61 Å². The second-order valence-electron chi connectivity index (χ2n) is 4.24. The molecule has 0 atom stereocenters. The molecule has 122 valence electrons. The number of nitrogens with zero attached hydrogens (tertiary/aromatic N) is 2. The van der Waals surface area contributed by atoms with Gasteiger partial charge in [-0.25, -0.2) is 4.98 Å². The summed E-state index contributed by atoms with van der Waals surface area (Å²) in [5.41, 5.74) is 14.2. The number of aromatic nitrogens is 1. The van der Waals surface area contributed by atoms with Gasteiger partial charge in [-0.1, -0.05) is 0 Å². The lowest BCUT2D eigenvalue weighted by molar-refractivity contribution is -0.119. The number of nitrogens with one attached hydrogen (secondary N) is 1. The number of hydrazone groups is 1. The van der Waals surface area contributed by atoms with E-state index in [4.69, 9.17) is 20.9 Å². The fraction of sp³-hybridized carbons (Fsp3) is 0.154. The van der Waals surface area contributed by atoms with Gasteiger partial charge in [-0.05, 0) is 40.3 Å². The van der Waals surface area contributed by atoms with Crippen LogP contribution in [0.5, 0.6) is 11.5 Å². The number of carbonyl (C=O) groups is 1. The highest BCUT2D eigenvalue weighted by molar-refractivity contribution is 14.1. The Balaban J connectivity index is 2.13. The van der Waals surface area contributed by atoms with Gasteiger partial charge >= 0.3 is 0 Å². The quantitative estimate of drug-likeness (QED) is 0.337. The summed E-state index contributed by atoms with van der Waals surface area (Å²) in [5.74, 6) is 0.836. The molecule has 0 saturated heterocycles. The van der Waals surface area contributed by atoms with Gasteiger partial charge in [0.15, 0.2) is 18.1 Å². The fourth-order valence-electron chi connectivity index (χ4n) is 1.60. The van der Waals surface area contributed by atoms with E-state index in [0.29, 0.717) is 22.4 Å². The summed E-state index contributed by atoms with van der Waals surface area (Å²) in [7, 11) is 1.51. The van der Waals surface area contributed by atoms with Crippen LogP contribution in [0.1, 0.15) is 5.56 Å². The van der Waals surface area contributed by atoms with Crippen molar-refractivity contribution in [2.45, 2.75) is 0 Å². The number of hydrogen-bond donors (Lipinski definition) is 3. The molecule has 0 unspecified atom stereocenters. The molecular weight excluding hydrogens is 433 g/mol. The number of amides is 1. The lowest BCUT2D eigenvalue weighted by Crippen LogP contribution is -2.20. The first kappa shape index (κ1) is 17.3. The van der Waals surface area contributed by atoms with E-state index in [9.17, 15) is 4.79 Å². The van der Waals surface area contributed by atoms with Crippen LogP contribution < -0.4 is 26.4 Å². The molecule has 0 radical (unpaired) electrons. The van der Waals surface area contributed by atoms with Gasteiger partial charge in [0, 0.05) is 5.38 Å². The van der Waals surface area contributed by atoms with Crippen LogP contribution in [-0.4, -0.2) is 30.8 Å². The normalized spacial score (nSPS) is 10.7. The van der Waals surface area contributed by atoms with Gasteiger partial charge in [0.25, 0.3) is 5.91 Å². The zero-order valence-electron chi connectivity index (χ0n) is 12.1. The van der Waals surface area contributed by atoms with Gasteiger partial charge in [-0.3, -0.25) is 10.2 Å². The molecule has 1 heterocycles. The van der Waals surface area contributed by atoms with Gasteiger partial charge < -0.3 is 20.9 Å². The maximum atomic E-state index is 10.8. The van der Waals surface area contributed by atoms with Crippen molar-refractivity contribution in [1.29, 1.82) is 0 Å². The van der Waals surface area contributed by atoms with Crippen molar-refractivity contribution < 1.29 is 14.3 Å². The van der Waals surface area contributed by atoms with E-state index < -0.39 is 5.91 Å². The number of ether oxygens (including phenoxy) is 2. The van der Waals surface area contributed by atoms with Gasteiger partial charge in [0.05, 0.1) is 16.9 Å². The van der Waals surface area contributed by atoms with Crippen molar-refractivity contribution in [2.24, 2.45) is 10.8 Å². The summed E-state index contributed by atoms with van der Waals surface area (Å²) in [6.07, 6.45) is 1.61. The maximum Gasteiger partial charge on any atom is 0.255 e. The lowest BCUT2D eigenvalue weighted by Gasteiger charge is -2.12. The Hall–Kier alpha value is -2.08. The average Bonchev–Trinajstić information content (AvgIpc) is 2.91. The molecule has 1 aromatic heterocycles. The molecule has 0 aliphatic carbocycles. The lowest BCUT2D eigenvalue weighted by atomic mass is 10.2. The number of nitrogens with two attached hydrogens (primary N) is 2. The van der Waals surface area contributed by atoms with Gasteiger partial charge in [-0.2, -0.15) is 5.10 Å². The number of anilines is 2. The van der Waals surface area contributed by atoms with Gasteiger partial charge in [-0.15, -0.1) is 11.3 Å². The van der Waals surface area contributed by atoms with Crippen LogP contribution in [0.15, 0.2) is 22.6 Å². The largest absolute Gasteiger partial charge is 0.493 e. The molecule has 0 aliphatic rings. The molecule has 0 saturated carbocycles. The number of methoxy groups -OCH3 is 1. The third-order valence-corrected chi connectivity index (χ3v) is 4.07. The van der Waals surface area contributed by atoms with E-state index in [1.165, 1.54) is 18.4 Å². The summed E-state index contributed by atoms with van der Waals surface area (Å²) in [4.78, 5) is 14.9. The molecule has 10 heteroatoms. The topological polar surface area (TPSA) is 125 Å². The van der Waals surface area contributed by atoms with Crippen LogP contribution in [0, 0.1) is 3.57 Å². The highest BCUT2D eigenvalue weighted by Crippen LogP contribution is 2.33. The van der Waals surface area contributed by atoms with Crippen LogP contribution in [0.25, 0.3) is 0 Å². The Bertz CT molecular complexity index is 734. The van der Waals surface area contributed by atoms with E-state index >= 15 is 0 Å². The second kappa shape index (κ2) is 7.97. The summed E-state index contributed by atoms with van der Waals surface area (Å²) in [5, 5.41) is 6.40. The van der Waals surface area contributed by atoms with E-state index in [1.54, 1.807) is 17.7 Å². The van der Waals surface area contributed by atoms with Crippen LogP contribution in [0.2, 0.25) is 0 Å². The third kappa shape index (κ3) is 4.96. The number of benzene rings is 1. The maximum absolute atomic E-state index is 10.8. The van der Waals surface area contributed by atoms with Crippen LogP contribution in [0.4, 0.5) is 10.9 Å². The van der Waals surface area contributed by atoms with Crippen molar-refractivity contribution in [3.05, 3.63) is 26.6 Å². The molecule has 0 aliphatic heterocycles. The van der Waals surface area contributed by atoms with Crippen LogP contribution in [0.3, 0.4) is 0 Å². The highest BCUT2D eigenvalue weighted by Gasteiger charge is 2.12. The monoisotopic (exact) mass is 447 g/mol. The van der Waals surface area contributed by atoms with E-state index in [1.807, 2.05) is 6.07 Å². The fourth-order valence-corrected chi connectivity index (χ4v) is 2.93. The number of halogens is 1. The zero-order valence-corrected chi connectivity index (χ0v) is 15.1. The molecule has 2 rings (SSSR count). The Kier molecular flexibility index (Phi) is 5.98. The van der Waals surface area contributed by atoms with Crippen molar-refractivity contribution in [3.8, 4) is 11.5 Å². The molecule has 23 heavy (non-hydrogen) atoms. The summed E-state index contributed by atoms with van der Waals surface area (Å²) >= 11 is 3.44. The number of carbonyl (C=O) groups excluding carboxylic acids is 1. The summed E-state index contributed by atoms with van der Waals surface area (Å²) in [6, 6.07) is 3.57. The smallest absolute Gasteiger partial charge is 0.255 e. The summed E-state index contributed by atoms with van der Waals surface area (Å²) < 4.78 is 11.4. The molecule has 0 bridgehead atoms. The molecule has 5 N–H and O–H groups in total. The molecule has 1 amide bonds. The van der Waals surface area contributed by atoms with Crippen molar-refractivity contribution in [2.75, 3.05) is 24.9 Å². The van der Waals surface area contributed by atoms with Crippen LogP contribution in [-0.2, 0) is 4.79 Å². The Morgan fingerprint density at radius 2 is 2.35 bits per heavy atom. The highest BCUT2D eigenvalue weighted by atomic mass is 127. The predicted molar refractivity (Wildman–Crippen MR) is 98.1 cm³/mol. The Morgan fingerprint density at radius 1 is 1.57 bits per heavy atom. The minimum atomic E-state index is -0.555. The van der Waals surface area contributed by atoms with Crippen molar-refractivity contribution in [3.63, 3.8) is 0 Å². The van der Waals surface area contributed by atoms with Crippen molar-refractivity contribution in [1.82, 2.24) is 4.98 Å². The summed E-state index contributed by atoms with van der Waals surface area (Å²) in [6.45, 7) is -0.215. The molecule has 2 aromatic rings.